The van der Waals surface area contributed by atoms with Gasteiger partial charge in [0.05, 0.1) is 17.7 Å². The van der Waals surface area contributed by atoms with Crippen molar-refractivity contribution in [2.45, 2.75) is 57.1 Å². The molecule has 0 spiro atoms. The molecule has 5 nitrogen and oxygen atoms in total. The van der Waals surface area contributed by atoms with E-state index in [0.29, 0.717) is 6.54 Å². The predicted octanol–water partition coefficient (Wildman–Crippen LogP) is 0.875. The quantitative estimate of drug-likeness (QED) is 0.803. The topological polar surface area (TPSA) is 67.6 Å². The van der Waals surface area contributed by atoms with Gasteiger partial charge in [0.2, 0.25) is 5.91 Å². The summed E-state index contributed by atoms with van der Waals surface area (Å²) >= 11 is 0. The number of rotatable bonds is 4. The summed E-state index contributed by atoms with van der Waals surface area (Å²) in [7, 11) is 0. The molecule has 1 aliphatic carbocycles. The first kappa shape index (κ1) is 15.7. The average molecular weight is 283 g/mol. The van der Waals surface area contributed by atoms with Crippen molar-refractivity contribution in [1.29, 1.82) is 0 Å². The molecule has 5 heteroatoms. The first-order chi connectivity index (χ1) is 9.41. The maximum Gasteiger partial charge on any atom is 0.240 e. The van der Waals surface area contributed by atoms with Crippen molar-refractivity contribution in [1.82, 2.24) is 10.2 Å². The van der Waals surface area contributed by atoms with Crippen molar-refractivity contribution in [3.8, 4) is 0 Å². The third-order valence-corrected chi connectivity index (χ3v) is 4.42. The van der Waals surface area contributed by atoms with E-state index < -0.39 is 5.54 Å². The number of carbonyl (C=O) groups is 1. The van der Waals surface area contributed by atoms with Crippen molar-refractivity contribution in [2.24, 2.45) is 5.73 Å². The van der Waals surface area contributed by atoms with Crippen LogP contribution >= 0.6 is 0 Å². The number of carbonyl (C=O) groups excluding carboxylic acids is 1. The lowest BCUT2D eigenvalue weighted by atomic mass is 9.82. The van der Waals surface area contributed by atoms with Gasteiger partial charge in [-0.25, -0.2) is 0 Å². The second kappa shape index (κ2) is 6.41. The van der Waals surface area contributed by atoms with Crippen LogP contribution in [0, 0.1) is 0 Å². The molecule has 2 rings (SSSR count). The number of nitrogens with two attached hydrogens (primary N) is 1. The fourth-order valence-corrected chi connectivity index (χ4v) is 3.22. The van der Waals surface area contributed by atoms with Crippen LogP contribution in [0.25, 0.3) is 0 Å². The van der Waals surface area contributed by atoms with Gasteiger partial charge in [-0.2, -0.15) is 0 Å². The number of hydrogen-bond acceptors (Lipinski definition) is 4. The largest absolute Gasteiger partial charge is 0.373 e. The van der Waals surface area contributed by atoms with Crippen LogP contribution in [0.2, 0.25) is 0 Å². The molecule has 1 saturated carbocycles. The highest BCUT2D eigenvalue weighted by atomic mass is 16.5. The normalized spacial score (nSPS) is 26.1. The van der Waals surface area contributed by atoms with Gasteiger partial charge in [-0.15, -0.1) is 0 Å². The fourth-order valence-electron chi connectivity index (χ4n) is 3.22. The Kier molecular flexibility index (Phi) is 5.04. The van der Waals surface area contributed by atoms with E-state index in [1.54, 1.807) is 0 Å². The number of hydrogen-bond donors (Lipinski definition) is 2. The molecule has 0 radical (unpaired) electrons. The Morgan fingerprint density at radius 3 is 2.65 bits per heavy atom. The number of nitrogens with zero attached hydrogens (tertiary/aromatic N) is 1. The Morgan fingerprint density at radius 1 is 1.30 bits per heavy atom. The SMILES string of the molecule is CC1(C)CN(CCNC(=O)C2(N)CCCCC2)CCO1. The highest BCUT2D eigenvalue weighted by Crippen LogP contribution is 2.25. The lowest BCUT2D eigenvalue weighted by molar-refractivity contribution is -0.127. The van der Waals surface area contributed by atoms with Crippen LogP contribution in [0.4, 0.5) is 0 Å². The first-order valence-electron chi connectivity index (χ1n) is 7.85. The van der Waals surface area contributed by atoms with E-state index in [1.165, 1.54) is 6.42 Å². The summed E-state index contributed by atoms with van der Waals surface area (Å²) in [6.45, 7) is 8.37. The highest BCUT2D eigenvalue weighted by molar-refractivity contribution is 5.86. The molecule has 0 aromatic heterocycles. The van der Waals surface area contributed by atoms with E-state index in [1.807, 2.05) is 0 Å². The van der Waals surface area contributed by atoms with E-state index in [4.69, 9.17) is 10.5 Å². The van der Waals surface area contributed by atoms with Crippen LogP contribution in [0.15, 0.2) is 0 Å². The molecular formula is C15H29N3O2. The molecule has 116 valence electrons. The van der Waals surface area contributed by atoms with Crippen LogP contribution in [0.5, 0.6) is 0 Å². The molecule has 1 aliphatic heterocycles. The second-order valence-electron chi connectivity index (χ2n) is 6.86. The van der Waals surface area contributed by atoms with E-state index >= 15 is 0 Å². The average Bonchev–Trinajstić information content (AvgIpc) is 2.38. The Bertz CT molecular complexity index is 338. The fraction of sp³-hybridized carbons (Fsp3) is 0.933. The van der Waals surface area contributed by atoms with Crippen molar-refractivity contribution in [3.63, 3.8) is 0 Å². The van der Waals surface area contributed by atoms with Crippen molar-refractivity contribution in [3.05, 3.63) is 0 Å². The van der Waals surface area contributed by atoms with Gasteiger partial charge in [-0.3, -0.25) is 9.69 Å². The maximum absolute atomic E-state index is 12.2. The van der Waals surface area contributed by atoms with Crippen LogP contribution in [-0.4, -0.2) is 54.7 Å². The molecule has 0 aromatic carbocycles. The van der Waals surface area contributed by atoms with Gasteiger partial charge in [0.15, 0.2) is 0 Å². The van der Waals surface area contributed by atoms with Crippen molar-refractivity contribution >= 4 is 5.91 Å². The Balaban J connectivity index is 1.71. The Labute approximate surface area is 122 Å². The molecule has 2 aliphatic rings. The summed E-state index contributed by atoms with van der Waals surface area (Å²) in [6, 6.07) is 0. The van der Waals surface area contributed by atoms with Crippen molar-refractivity contribution < 1.29 is 9.53 Å². The van der Waals surface area contributed by atoms with E-state index in [-0.39, 0.29) is 11.5 Å². The van der Waals surface area contributed by atoms with Gasteiger partial charge in [0.1, 0.15) is 0 Å². The second-order valence-corrected chi connectivity index (χ2v) is 6.86. The summed E-state index contributed by atoms with van der Waals surface area (Å²) in [5.74, 6) is 0.0321. The van der Waals surface area contributed by atoms with E-state index in [2.05, 4.69) is 24.1 Å². The summed E-state index contributed by atoms with van der Waals surface area (Å²) in [5, 5.41) is 3.02. The van der Waals surface area contributed by atoms with Gasteiger partial charge in [-0.05, 0) is 26.7 Å². The van der Waals surface area contributed by atoms with E-state index in [9.17, 15) is 4.79 Å². The van der Waals surface area contributed by atoms with Crippen LogP contribution in [-0.2, 0) is 9.53 Å². The number of amides is 1. The highest BCUT2D eigenvalue weighted by Gasteiger charge is 2.35. The third-order valence-electron chi connectivity index (χ3n) is 4.42. The summed E-state index contributed by atoms with van der Waals surface area (Å²) < 4.78 is 5.69. The monoisotopic (exact) mass is 283 g/mol. The standard InChI is InChI=1S/C15H29N3O2/c1-14(2)12-18(10-11-20-14)9-8-17-13(19)15(16)6-4-3-5-7-15/h3-12,16H2,1-2H3,(H,17,19). The lowest BCUT2D eigenvalue weighted by Gasteiger charge is -2.38. The molecule has 20 heavy (non-hydrogen) atoms. The van der Waals surface area contributed by atoms with Gasteiger partial charge < -0.3 is 15.8 Å². The molecule has 0 bridgehead atoms. The molecule has 0 aromatic rings. The van der Waals surface area contributed by atoms with Crippen LogP contribution in [0.3, 0.4) is 0 Å². The van der Waals surface area contributed by atoms with Gasteiger partial charge in [-0.1, -0.05) is 19.3 Å². The van der Waals surface area contributed by atoms with E-state index in [0.717, 1.165) is 51.9 Å². The zero-order valence-electron chi connectivity index (χ0n) is 12.9. The Hall–Kier alpha value is -0.650. The molecule has 0 atom stereocenters. The molecule has 1 saturated heterocycles. The molecule has 1 amide bonds. The Morgan fingerprint density at radius 2 is 2.00 bits per heavy atom. The summed E-state index contributed by atoms with van der Waals surface area (Å²) in [4.78, 5) is 14.6. The minimum Gasteiger partial charge on any atom is -0.373 e. The molecule has 3 N–H and O–H groups in total. The smallest absolute Gasteiger partial charge is 0.240 e. The predicted molar refractivity (Wildman–Crippen MR) is 79.5 cm³/mol. The third kappa shape index (κ3) is 4.17. The zero-order valence-corrected chi connectivity index (χ0v) is 12.9. The minimum atomic E-state index is -0.622. The van der Waals surface area contributed by atoms with Crippen LogP contribution < -0.4 is 11.1 Å². The van der Waals surface area contributed by atoms with Crippen LogP contribution in [0.1, 0.15) is 46.0 Å². The molecule has 1 heterocycles. The zero-order chi connectivity index (χ0) is 14.6. The number of nitrogens with one attached hydrogen (secondary N) is 1. The minimum absolute atomic E-state index is 0.0321. The number of morpholine rings is 1. The van der Waals surface area contributed by atoms with Crippen molar-refractivity contribution in [2.75, 3.05) is 32.8 Å². The number of ether oxygens (including phenoxy) is 1. The van der Waals surface area contributed by atoms with Gasteiger partial charge >= 0.3 is 0 Å². The molecule has 0 unspecified atom stereocenters. The maximum atomic E-state index is 12.2. The molecular weight excluding hydrogens is 254 g/mol. The first-order valence-corrected chi connectivity index (χ1v) is 7.85. The summed E-state index contributed by atoms with van der Waals surface area (Å²) in [6.07, 6.45) is 4.99. The van der Waals surface area contributed by atoms with Gasteiger partial charge in [0, 0.05) is 26.2 Å². The lowest BCUT2D eigenvalue weighted by Crippen LogP contribution is -2.56. The molecule has 2 fully saturated rings. The summed E-state index contributed by atoms with van der Waals surface area (Å²) in [5.41, 5.74) is 5.51. The van der Waals surface area contributed by atoms with Gasteiger partial charge in [0.25, 0.3) is 0 Å².